The zero-order valence-corrected chi connectivity index (χ0v) is 17.7. The standard InChI is InChI=1S/C14H22O5S2.K/c15-21(16,17)8-6-4-2-1-3-5-7-12-9-18-13-10-20-11-14(13)19-12;/h10-12H,1-9H2,(H,15,16,17);/q;+1/p-1. The largest absolute Gasteiger partial charge is 1.00 e. The predicted octanol–water partition coefficient (Wildman–Crippen LogP) is 0.168. The minimum atomic E-state index is -4.04. The van der Waals surface area contributed by atoms with Gasteiger partial charge in [-0.05, 0) is 19.3 Å². The van der Waals surface area contributed by atoms with E-state index in [-0.39, 0.29) is 63.2 Å². The monoisotopic (exact) mass is 372 g/mol. The van der Waals surface area contributed by atoms with Crippen molar-refractivity contribution in [2.45, 2.75) is 51.0 Å². The molecule has 0 bridgehead atoms. The molecule has 0 N–H and O–H groups in total. The first-order valence-corrected chi connectivity index (χ1v) is 9.86. The Bertz CT molecular complexity index is 529. The first-order valence-electron chi connectivity index (χ1n) is 7.34. The molecule has 1 aliphatic heterocycles. The molecule has 22 heavy (non-hydrogen) atoms. The molecule has 0 spiro atoms. The number of fused-ring (bicyclic) bond motifs is 1. The topological polar surface area (TPSA) is 75.7 Å². The summed E-state index contributed by atoms with van der Waals surface area (Å²) in [6, 6.07) is 0. The molecule has 0 radical (unpaired) electrons. The zero-order valence-electron chi connectivity index (χ0n) is 13.0. The third-order valence-electron chi connectivity index (χ3n) is 3.48. The second-order valence-corrected chi connectivity index (χ2v) is 7.59. The van der Waals surface area contributed by atoms with Gasteiger partial charge in [-0.1, -0.05) is 25.7 Å². The molecular formula is C14H21KO5S2. The Kier molecular flexibility index (Phi) is 10.1. The van der Waals surface area contributed by atoms with Crippen molar-refractivity contribution in [3.63, 3.8) is 0 Å². The zero-order chi connectivity index (χ0) is 15.1. The molecular weight excluding hydrogens is 351 g/mol. The maximum Gasteiger partial charge on any atom is 1.00 e. The van der Waals surface area contributed by atoms with E-state index in [0.717, 1.165) is 50.0 Å². The fraction of sp³-hybridized carbons (Fsp3) is 0.714. The van der Waals surface area contributed by atoms with Gasteiger partial charge in [-0.25, -0.2) is 8.42 Å². The average Bonchev–Trinajstić information content (AvgIpc) is 2.88. The van der Waals surface area contributed by atoms with E-state index in [1.54, 1.807) is 11.3 Å². The third-order valence-corrected chi connectivity index (χ3v) is 4.97. The Hall–Kier alpha value is 0.846. The molecule has 2 rings (SSSR count). The summed E-state index contributed by atoms with van der Waals surface area (Å²) in [4.78, 5) is 0. The van der Waals surface area contributed by atoms with E-state index in [2.05, 4.69) is 0 Å². The molecule has 1 aromatic rings. The van der Waals surface area contributed by atoms with E-state index in [1.165, 1.54) is 0 Å². The minimum Gasteiger partial charge on any atom is -0.748 e. The fourth-order valence-electron chi connectivity index (χ4n) is 2.36. The van der Waals surface area contributed by atoms with Crippen LogP contribution in [0.2, 0.25) is 0 Å². The molecule has 1 unspecified atom stereocenters. The van der Waals surface area contributed by atoms with E-state index in [9.17, 15) is 13.0 Å². The summed E-state index contributed by atoms with van der Waals surface area (Å²) in [7, 11) is -4.04. The fourth-order valence-corrected chi connectivity index (χ4v) is 3.59. The van der Waals surface area contributed by atoms with Crippen LogP contribution >= 0.6 is 11.3 Å². The van der Waals surface area contributed by atoms with Crippen molar-refractivity contribution in [3.05, 3.63) is 10.8 Å². The van der Waals surface area contributed by atoms with Crippen LogP contribution < -0.4 is 60.9 Å². The molecule has 1 atom stereocenters. The van der Waals surface area contributed by atoms with Crippen molar-refractivity contribution in [2.24, 2.45) is 0 Å². The number of ether oxygens (including phenoxy) is 2. The summed E-state index contributed by atoms with van der Waals surface area (Å²) < 4.78 is 42.7. The van der Waals surface area contributed by atoms with Crippen molar-refractivity contribution in [2.75, 3.05) is 12.4 Å². The van der Waals surface area contributed by atoms with Crippen LogP contribution in [0.15, 0.2) is 10.8 Å². The van der Waals surface area contributed by atoms with Gasteiger partial charge in [0.2, 0.25) is 0 Å². The van der Waals surface area contributed by atoms with Gasteiger partial charge in [-0.15, -0.1) is 11.3 Å². The predicted molar refractivity (Wildman–Crippen MR) is 81.1 cm³/mol. The summed E-state index contributed by atoms with van der Waals surface area (Å²) in [5.41, 5.74) is 0. The third kappa shape index (κ3) is 8.10. The van der Waals surface area contributed by atoms with E-state index >= 15 is 0 Å². The minimum absolute atomic E-state index is 0. The first-order chi connectivity index (χ1) is 10.0. The smallest absolute Gasteiger partial charge is 0.748 e. The number of hydrogen-bond donors (Lipinski definition) is 0. The summed E-state index contributed by atoms with van der Waals surface area (Å²) >= 11 is 1.58. The van der Waals surface area contributed by atoms with E-state index < -0.39 is 10.1 Å². The molecule has 120 valence electrons. The van der Waals surface area contributed by atoms with Gasteiger partial charge in [0, 0.05) is 16.5 Å². The Labute approximate surface area is 178 Å². The van der Waals surface area contributed by atoms with Crippen LogP contribution in [0.25, 0.3) is 0 Å². The quantitative estimate of drug-likeness (QED) is 0.351. The van der Waals surface area contributed by atoms with Gasteiger partial charge in [-0.2, -0.15) is 0 Å². The maximum atomic E-state index is 10.4. The molecule has 0 amide bonds. The van der Waals surface area contributed by atoms with Crippen LogP contribution in [0, 0.1) is 0 Å². The van der Waals surface area contributed by atoms with E-state index in [0.29, 0.717) is 13.0 Å². The van der Waals surface area contributed by atoms with E-state index in [1.807, 2.05) is 10.8 Å². The summed E-state index contributed by atoms with van der Waals surface area (Å²) in [6.45, 7) is 0.616. The molecule has 8 heteroatoms. The molecule has 0 aliphatic carbocycles. The maximum absolute atomic E-state index is 10.4. The van der Waals surface area contributed by atoms with Gasteiger partial charge < -0.3 is 14.0 Å². The number of thiophene rings is 1. The van der Waals surface area contributed by atoms with Crippen LogP contribution in [0.4, 0.5) is 0 Å². The molecule has 0 saturated carbocycles. The Morgan fingerprint density at radius 3 is 2.45 bits per heavy atom. The molecule has 0 fully saturated rings. The van der Waals surface area contributed by atoms with Gasteiger partial charge >= 0.3 is 51.4 Å². The molecule has 0 saturated heterocycles. The Morgan fingerprint density at radius 2 is 1.73 bits per heavy atom. The van der Waals surface area contributed by atoms with E-state index in [4.69, 9.17) is 9.47 Å². The second-order valence-electron chi connectivity index (χ2n) is 5.32. The number of rotatable bonds is 9. The van der Waals surface area contributed by atoms with Crippen molar-refractivity contribution >= 4 is 21.5 Å². The van der Waals surface area contributed by atoms with Crippen LogP contribution in [-0.4, -0.2) is 31.4 Å². The first kappa shape index (κ1) is 20.9. The Morgan fingerprint density at radius 1 is 1.09 bits per heavy atom. The normalized spacial score (nSPS) is 17.0. The van der Waals surface area contributed by atoms with Crippen molar-refractivity contribution in [3.8, 4) is 11.5 Å². The average molecular weight is 373 g/mol. The SMILES string of the molecule is O=S(=O)([O-])CCCCCCCCC1COc2cscc2O1.[K+]. The van der Waals surface area contributed by atoms with Crippen LogP contribution in [-0.2, 0) is 10.1 Å². The molecule has 1 aromatic heterocycles. The summed E-state index contributed by atoms with van der Waals surface area (Å²) in [5, 5.41) is 3.92. The Balaban J connectivity index is 0.00000242. The van der Waals surface area contributed by atoms with Gasteiger partial charge in [-0.3, -0.25) is 0 Å². The van der Waals surface area contributed by atoms with Crippen molar-refractivity contribution < 1.29 is 73.8 Å². The number of hydrogen-bond acceptors (Lipinski definition) is 6. The second kappa shape index (κ2) is 10.7. The van der Waals surface area contributed by atoms with Gasteiger partial charge in [0.05, 0.1) is 10.1 Å². The van der Waals surface area contributed by atoms with Crippen LogP contribution in [0.3, 0.4) is 0 Å². The molecule has 2 heterocycles. The van der Waals surface area contributed by atoms with Crippen LogP contribution in [0.5, 0.6) is 11.5 Å². The van der Waals surface area contributed by atoms with Crippen molar-refractivity contribution in [1.29, 1.82) is 0 Å². The van der Waals surface area contributed by atoms with Crippen LogP contribution in [0.1, 0.15) is 44.9 Å². The number of unbranched alkanes of at least 4 members (excludes halogenated alkanes) is 5. The molecule has 1 aliphatic rings. The summed E-state index contributed by atoms with van der Waals surface area (Å²) in [6.07, 6.45) is 6.62. The van der Waals surface area contributed by atoms with Crippen molar-refractivity contribution in [1.82, 2.24) is 0 Å². The van der Waals surface area contributed by atoms with Gasteiger partial charge in [0.15, 0.2) is 11.5 Å². The molecule has 0 aromatic carbocycles. The summed E-state index contributed by atoms with van der Waals surface area (Å²) in [5.74, 6) is 1.48. The molecule has 5 nitrogen and oxygen atoms in total. The van der Waals surface area contributed by atoms with Gasteiger partial charge in [0.1, 0.15) is 12.7 Å². The van der Waals surface area contributed by atoms with Gasteiger partial charge in [0.25, 0.3) is 0 Å².